The molecule has 1 heterocycles. The molecule has 0 unspecified atom stereocenters. The Morgan fingerprint density at radius 2 is 1.70 bits per heavy atom. The van der Waals surface area contributed by atoms with Crippen molar-refractivity contribution in [1.29, 1.82) is 0 Å². The molecule has 30 heavy (non-hydrogen) atoms. The Balaban J connectivity index is 0.000000281. The van der Waals surface area contributed by atoms with Crippen LogP contribution in [-0.2, 0) is 24.9 Å². The van der Waals surface area contributed by atoms with E-state index in [1.54, 1.807) is 0 Å². The predicted octanol–water partition coefficient (Wildman–Crippen LogP) is 6.37. The number of carbonyl (C=O) groups is 1. The van der Waals surface area contributed by atoms with E-state index in [9.17, 15) is 4.79 Å². The van der Waals surface area contributed by atoms with Gasteiger partial charge in [-0.25, -0.2) is 0 Å². The maximum absolute atomic E-state index is 10.0. The fraction of sp³-hybridized carbons (Fsp3) is 0.0769. The second-order valence-corrected chi connectivity index (χ2v) is 7.04. The van der Waals surface area contributed by atoms with Crippen molar-refractivity contribution in [1.82, 2.24) is 4.98 Å². The number of carbonyl (C=O) groups excluding carboxylic acids is 1. The predicted molar refractivity (Wildman–Crippen MR) is 120 cm³/mol. The Hall–Kier alpha value is -3.07. The molecule has 1 aliphatic carbocycles. The molecule has 5 rings (SSSR count). The van der Waals surface area contributed by atoms with Crippen molar-refractivity contribution in [2.45, 2.75) is 13.8 Å². The van der Waals surface area contributed by atoms with Crippen LogP contribution in [0, 0.1) is 6.07 Å². The van der Waals surface area contributed by atoms with Gasteiger partial charge in [0.05, 0.1) is 11.3 Å². The SMILES string of the molecule is CC(=O)/C=C(/C)O.[Ir].[c-]1cc2ccccc2cc1-c1cc2c3c(cccc3n1)C=C2. The maximum atomic E-state index is 10.0. The molecule has 4 aromatic rings. The molecule has 3 nitrogen and oxygen atoms in total. The van der Waals surface area contributed by atoms with Crippen LogP contribution in [-0.4, -0.2) is 15.9 Å². The number of nitrogens with zero attached hydrogens (tertiary/aromatic N) is 1. The molecule has 4 heteroatoms. The van der Waals surface area contributed by atoms with E-state index < -0.39 is 0 Å². The molecule has 0 fully saturated rings. The van der Waals surface area contributed by atoms with Crippen LogP contribution in [0.3, 0.4) is 0 Å². The van der Waals surface area contributed by atoms with Crippen molar-refractivity contribution < 1.29 is 30.0 Å². The summed E-state index contributed by atoms with van der Waals surface area (Å²) in [5.74, 6) is -0.0625. The molecule has 1 aromatic heterocycles. The monoisotopic (exact) mass is 571 g/mol. The normalized spacial score (nSPS) is 11.7. The number of ketones is 1. The minimum atomic E-state index is -0.125. The molecule has 1 N–H and O–H groups in total. The number of pyridine rings is 1. The van der Waals surface area contributed by atoms with Gasteiger partial charge in [0.25, 0.3) is 0 Å². The first-order chi connectivity index (χ1) is 14.0. The van der Waals surface area contributed by atoms with Crippen LogP contribution < -0.4 is 0 Å². The topological polar surface area (TPSA) is 50.2 Å². The van der Waals surface area contributed by atoms with Crippen LogP contribution in [0.2, 0.25) is 0 Å². The molecule has 0 aliphatic heterocycles. The molecule has 0 saturated carbocycles. The zero-order chi connectivity index (χ0) is 20.4. The van der Waals surface area contributed by atoms with Crippen LogP contribution in [0.1, 0.15) is 25.0 Å². The molecular formula is C26H20IrNO2-. The molecular weight excluding hydrogens is 551 g/mol. The smallest absolute Gasteiger partial charge is 0.155 e. The third-order valence-corrected chi connectivity index (χ3v) is 4.71. The van der Waals surface area contributed by atoms with Crippen LogP contribution in [0.25, 0.3) is 45.1 Å². The van der Waals surface area contributed by atoms with E-state index in [0.29, 0.717) is 0 Å². The Morgan fingerprint density at radius 3 is 2.40 bits per heavy atom. The standard InChI is InChI=1S/C21H12N.C5H8O2.Ir/c1-2-5-16-12-17(10-8-14(16)4-1)20-13-18-11-9-15-6-3-7-19(22-20)21(15)18;1-4(6)3-5(2)7;/h1-9,11-13H;3,6H,1-2H3;/q-1;;/b;4-3-;. The Kier molecular flexibility index (Phi) is 6.61. The second-order valence-electron chi connectivity index (χ2n) is 7.04. The number of rotatable bonds is 2. The molecule has 151 valence electrons. The van der Waals surface area contributed by atoms with Gasteiger partial charge < -0.3 is 5.11 Å². The van der Waals surface area contributed by atoms with Crippen LogP contribution in [0.5, 0.6) is 0 Å². The van der Waals surface area contributed by atoms with Gasteiger partial charge in [0.15, 0.2) is 5.78 Å². The van der Waals surface area contributed by atoms with Gasteiger partial charge in [-0.15, -0.1) is 29.1 Å². The number of aliphatic hydroxyl groups excluding tert-OH is 1. The largest absolute Gasteiger partial charge is 0.512 e. The van der Waals surface area contributed by atoms with Gasteiger partial charge in [0.2, 0.25) is 0 Å². The summed E-state index contributed by atoms with van der Waals surface area (Å²) < 4.78 is 0. The summed E-state index contributed by atoms with van der Waals surface area (Å²) in [6.07, 6.45) is 5.50. The summed E-state index contributed by atoms with van der Waals surface area (Å²) in [6.45, 7) is 2.85. The molecule has 1 radical (unpaired) electrons. The number of hydrogen-bond acceptors (Lipinski definition) is 3. The maximum Gasteiger partial charge on any atom is 0.155 e. The number of benzene rings is 3. The molecule has 0 saturated heterocycles. The van der Waals surface area contributed by atoms with E-state index in [0.717, 1.165) is 16.8 Å². The third-order valence-electron chi connectivity index (χ3n) is 4.71. The van der Waals surface area contributed by atoms with Crippen LogP contribution in [0.4, 0.5) is 0 Å². The van der Waals surface area contributed by atoms with Gasteiger partial charge in [-0.2, -0.15) is 0 Å². The van der Waals surface area contributed by atoms with Gasteiger partial charge in [-0.1, -0.05) is 60.0 Å². The number of aliphatic hydroxyl groups is 1. The Bertz CT molecular complexity index is 1300. The summed E-state index contributed by atoms with van der Waals surface area (Å²) in [7, 11) is 0. The first kappa shape index (κ1) is 21.6. The van der Waals surface area contributed by atoms with Gasteiger partial charge in [0.1, 0.15) is 0 Å². The number of hydrogen-bond donors (Lipinski definition) is 1. The van der Waals surface area contributed by atoms with E-state index in [1.165, 1.54) is 47.2 Å². The van der Waals surface area contributed by atoms with Crippen molar-refractivity contribution in [2.75, 3.05) is 0 Å². The van der Waals surface area contributed by atoms with Gasteiger partial charge in [-0.05, 0) is 36.7 Å². The molecule has 0 atom stereocenters. The number of fused-ring (bicyclic) bond motifs is 1. The van der Waals surface area contributed by atoms with Gasteiger partial charge >= 0.3 is 0 Å². The van der Waals surface area contributed by atoms with E-state index in [2.05, 4.69) is 72.8 Å². The van der Waals surface area contributed by atoms with Gasteiger partial charge in [0, 0.05) is 31.6 Å². The summed E-state index contributed by atoms with van der Waals surface area (Å²) in [4.78, 5) is 14.9. The number of allylic oxidation sites excluding steroid dienone is 2. The fourth-order valence-electron chi connectivity index (χ4n) is 3.50. The van der Waals surface area contributed by atoms with E-state index >= 15 is 0 Å². The first-order valence-electron chi connectivity index (χ1n) is 9.42. The van der Waals surface area contributed by atoms with Gasteiger partial charge in [-0.3, -0.25) is 9.78 Å². The first-order valence-corrected chi connectivity index (χ1v) is 9.42. The fourth-order valence-corrected chi connectivity index (χ4v) is 3.50. The Labute approximate surface area is 189 Å². The minimum absolute atomic E-state index is 0. The summed E-state index contributed by atoms with van der Waals surface area (Å²) in [6, 6.07) is 24.4. The average Bonchev–Trinajstić information content (AvgIpc) is 3.12. The average molecular weight is 571 g/mol. The summed E-state index contributed by atoms with van der Waals surface area (Å²) in [5, 5.41) is 12.0. The summed E-state index contributed by atoms with van der Waals surface area (Å²) >= 11 is 0. The van der Waals surface area contributed by atoms with Crippen LogP contribution in [0.15, 0.2) is 72.5 Å². The third kappa shape index (κ3) is 4.56. The van der Waals surface area contributed by atoms with Crippen molar-refractivity contribution in [3.8, 4) is 11.3 Å². The second kappa shape index (κ2) is 9.17. The molecule has 3 aromatic carbocycles. The zero-order valence-corrected chi connectivity index (χ0v) is 19.0. The minimum Gasteiger partial charge on any atom is -0.512 e. The van der Waals surface area contributed by atoms with E-state index in [1.807, 2.05) is 6.07 Å². The summed E-state index contributed by atoms with van der Waals surface area (Å²) in [5.41, 5.74) is 5.59. The van der Waals surface area contributed by atoms with E-state index in [-0.39, 0.29) is 31.6 Å². The van der Waals surface area contributed by atoms with Crippen molar-refractivity contribution in [2.24, 2.45) is 0 Å². The zero-order valence-electron chi connectivity index (χ0n) is 16.6. The molecule has 0 amide bonds. The quantitative estimate of drug-likeness (QED) is 0.152. The Morgan fingerprint density at radius 1 is 0.967 bits per heavy atom. The van der Waals surface area contributed by atoms with Crippen LogP contribution >= 0.6 is 0 Å². The molecule has 1 aliphatic rings. The molecule has 0 spiro atoms. The van der Waals surface area contributed by atoms with Crippen molar-refractivity contribution in [3.63, 3.8) is 0 Å². The number of aromatic nitrogens is 1. The van der Waals surface area contributed by atoms with Crippen molar-refractivity contribution >= 4 is 39.6 Å². The molecule has 0 bridgehead atoms. The van der Waals surface area contributed by atoms with E-state index in [4.69, 9.17) is 10.1 Å². The van der Waals surface area contributed by atoms with Crippen molar-refractivity contribution in [3.05, 3.63) is 89.7 Å².